The highest BCUT2D eigenvalue weighted by atomic mass is 19.1. The first-order valence-corrected chi connectivity index (χ1v) is 6.99. The van der Waals surface area contributed by atoms with Crippen molar-refractivity contribution in [2.75, 3.05) is 44.8 Å². The fraction of sp³-hybridized carbons (Fsp3) is 0.600. The van der Waals surface area contributed by atoms with E-state index in [9.17, 15) is 4.39 Å². The molecule has 0 saturated carbocycles. The number of nitrogens with zero attached hydrogens (tertiary/aromatic N) is 1. The third-order valence-electron chi connectivity index (χ3n) is 4.22. The molecule has 0 amide bonds. The zero-order chi connectivity index (χ0) is 14.8. The molecular formula is C15H24FN3O. The molecule has 2 rings (SSSR count). The molecule has 5 heteroatoms. The molecule has 20 heavy (non-hydrogen) atoms. The van der Waals surface area contributed by atoms with E-state index in [1.807, 2.05) is 0 Å². The van der Waals surface area contributed by atoms with Gasteiger partial charge in [0.2, 0.25) is 0 Å². The van der Waals surface area contributed by atoms with Gasteiger partial charge >= 0.3 is 0 Å². The average Bonchev–Trinajstić information content (AvgIpc) is 2.42. The third-order valence-corrected chi connectivity index (χ3v) is 4.22. The number of ether oxygens (including phenoxy) is 1. The highest BCUT2D eigenvalue weighted by molar-refractivity contribution is 5.68. The van der Waals surface area contributed by atoms with Gasteiger partial charge in [0.1, 0.15) is 0 Å². The molecule has 1 saturated heterocycles. The van der Waals surface area contributed by atoms with Crippen molar-refractivity contribution in [1.82, 2.24) is 4.90 Å². The van der Waals surface area contributed by atoms with E-state index in [2.05, 4.69) is 24.2 Å². The summed E-state index contributed by atoms with van der Waals surface area (Å²) in [6.07, 6.45) is 2.30. The molecule has 4 nitrogen and oxygen atoms in total. The molecule has 0 aliphatic carbocycles. The second kappa shape index (κ2) is 5.87. The summed E-state index contributed by atoms with van der Waals surface area (Å²) in [6, 6.07) is 2.93. The fourth-order valence-electron chi connectivity index (χ4n) is 2.52. The van der Waals surface area contributed by atoms with Gasteiger partial charge in [0.05, 0.1) is 18.5 Å². The van der Waals surface area contributed by atoms with Crippen molar-refractivity contribution in [2.24, 2.45) is 5.41 Å². The van der Waals surface area contributed by atoms with E-state index in [1.54, 1.807) is 6.07 Å². The van der Waals surface area contributed by atoms with Gasteiger partial charge in [-0.25, -0.2) is 4.39 Å². The number of nitrogens with two attached hydrogens (primary N) is 1. The minimum atomic E-state index is -0.430. The van der Waals surface area contributed by atoms with Crippen molar-refractivity contribution < 1.29 is 9.13 Å². The predicted molar refractivity (Wildman–Crippen MR) is 80.7 cm³/mol. The van der Waals surface area contributed by atoms with Gasteiger partial charge in [-0.1, -0.05) is 6.92 Å². The molecule has 1 aliphatic rings. The molecule has 0 spiro atoms. The van der Waals surface area contributed by atoms with Gasteiger partial charge in [-0.3, -0.25) is 0 Å². The molecule has 0 unspecified atom stereocenters. The van der Waals surface area contributed by atoms with E-state index in [0.717, 1.165) is 38.2 Å². The summed E-state index contributed by atoms with van der Waals surface area (Å²) in [4.78, 5) is 2.34. The Morgan fingerprint density at radius 1 is 1.40 bits per heavy atom. The van der Waals surface area contributed by atoms with Crippen molar-refractivity contribution in [3.05, 3.63) is 17.9 Å². The number of benzene rings is 1. The predicted octanol–water partition coefficient (Wildman–Crippen LogP) is 2.56. The normalized spacial score (nSPS) is 18.8. The van der Waals surface area contributed by atoms with Gasteiger partial charge in [-0.2, -0.15) is 0 Å². The van der Waals surface area contributed by atoms with E-state index in [0.29, 0.717) is 5.69 Å². The van der Waals surface area contributed by atoms with Crippen LogP contribution in [0.5, 0.6) is 5.75 Å². The number of anilines is 2. The van der Waals surface area contributed by atoms with E-state index < -0.39 is 5.82 Å². The van der Waals surface area contributed by atoms with Crippen LogP contribution in [0, 0.1) is 11.2 Å². The maximum Gasteiger partial charge on any atom is 0.167 e. The van der Waals surface area contributed by atoms with Crippen LogP contribution in [0.1, 0.15) is 19.8 Å². The summed E-state index contributed by atoms with van der Waals surface area (Å²) >= 11 is 0. The number of nitrogens with one attached hydrogen (secondary N) is 1. The first kappa shape index (κ1) is 14.9. The van der Waals surface area contributed by atoms with Crippen molar-refractivity contribution in [1.29, 1.82) is 0 Å². The Labute approximate surface area is 120 Å². The summed E-state index contributed by atoms with van der Waals surface area (Å²) in [5.74, 6) is -0.212. The van der Waals surface area contributed by atoms with Crippen LogP contribution in [0.3, 0.4) is 0 Å². The molecule has 1 fully saturated rings. The number of halogens is 1. The Kier molecular flexibility index (Phi) is 4.38. The average molecular weight is 281 g/mol. The standard InChI is InChI=1S/C15H24FN3O/c1-15(4-6-19(2)7-5-15)10-18-13-9-14(20-3)11(16)8-12(13)17/h8-9,18H,4-7,10,17H2,1-3H3. The number of piperidine rings is 1. The molecule has 0 atom stereocenters. The van der Waals surface area contributed by atoms with Gasteiger partial charge in [0.25, 0.3) is 0 Å². The van der Waals surface area contributed by atoms with Crippen LogP contribution < -0.4 is 15.8 Å². The lowest BCUT2D eigenvalue weighted by atomic mass is 9.80. The van der Waals surface area contributed by atoms with Gasteiger partial charge in [-0.15, -0.1) is 0 Å². The molecule has 112 valence electrons. The first-order chi connectivity index (χ1) is 9.43. The fourth-order valence-corrected chi connectivity index (χ4v) is 2.52. The first-order valence-electron chi connectivity index (χ1n) is 6.99. The van der Waals surface area contributed by atoms with Crippen molar-refractivity contribution in [2.45, 2.75) is 19.8 Å². The lowest BCUT2D eigenvalue weighted by molar-refractivity contribution is 0.150. The number of nitrogen functional groups attached to an aromatic ring is 1. The Bertz CT molecular complexity index is 470. The van der Waals surface area contributed by atoms with E-state index in [4.69, 9.17) is 10.5 Å². The van der Waals surface area contributed by atoms with Crippen molar-refractivity contribution in [3.63, 3.8) is 0 Å². The van der Waals surface area contributed by atoms with Gasteiger partial charge in [0, 0.05) is 18.7 Å². The molecule has 1 aromatic carbocycles. The molecular weight excluding hydrogens is 257 g/mol. The summed E-state index contributed by atoms with van der Waals surface area (Å²) in [7, 11) is 3.60. The van der Waals surface area contributed by atoms with E-state index in [1.165, 1.54) is 13.2 Å². The van der Waals surface area contributed by atoms with Gasteiger partial charge in [0.15, 0.2) is 11.6 Å². The lowest BCUT2D eigenvalue weighted by Gasteiger charge is -2.38. The summed E-state index contributed by atoms with van der Waals surface area (Å²) in [6.45, 7) is 5.34. The molecule has 3 N–H and O–H groups in total. The third kappa shape index (κ3) is 3.33. The number of hydrogen-bond acceptors (Lipinski definition) is 4. The molecule has 0 aromatic heterocycles. The number of methoxy groups -OCH3 is 1. The molecule has 0 radical (unpaired) electrons. The second-order valence-corrected chi connectivity index (χ2v) is 6.04. The van der Waals surface area contributed by atoms with Gasteiger partial charge in [-0.05, 0) is 38.4 Å². The zero-order valence-electron chi connectivity index (χ0n) is 12.5. The van der Waals surface area contributed by atoms with Gasteiger partial charge < -0.3 is 20.7 Å². The molecule has 1 aliphatic heterocycles. The van der Waals surface area contributed by atoms with E-state index in [-0.39, 0.29) is 11.2 Å². The number of rotatable bonds is 4. The lowest BCUT2D eigenvalue weighted by Crippen LogP contribution is -2.40. The van der Waals surface area contributed by atoms with Crippen LogP contribution in [-0.4, -0.2) is 38.7 Å². The van der Waals surface area contributed by atoms with Crippen molar-refractivity contribution in [3.8, 4) is 5.75 Å². The monoisotopic (exact) mass is 281 g/mol. The topological polar surface area (TPSA) is 50.5 Å². The second-order valence-electron chi connectivity index (χ2n) is 6.04. The maximum absolute atomic E-state index is 13.5. The van der Waals surface area contributed by atoms with Crippen LogP contribution in [-0.2, 0) is 0 Å². The zero-order valence-corrected chi connectivity index (χ0v) is 12.5. The Balaban J connectivity index is 2.03. The molecule has 0 bridgehead atoms. The summed E-state index contributed by atoms with van der Waals surface area (Å²) in [5.41, 5.74) is 7.27. The number of hydrogen-bond donors (Lipinski definition) is 2. The van der Waals surface area contributed by atoms with Crippen LogP contribution >= 0.6 is 0 Å². The van der Waals surface area contributed by atoms with Crippen LogP contribution in [0.2, 0.25) is 0 Å². The molecule has 1 heterocycles. The number of likely N-dealkylation sites (tertiary alicyclic amines) is 1. The molecule has 1 aromatic rings. The summed E-state index contributed by atoms with van der Waals surface area (Å²) in [5, 5.41) is 3.35. The largest absolute Gasteiger partial charge is 0.494 e. The smallest absolute Gasteiger partial charge is 0.167 e. The minimum absolute atomic E-state index is 0.218. The quantitative estimate of drug-likeness (QED) is 0.833. The minimum Gasteiger partial charge on any atom is -0.494 e. The Hall–Kier alpha value is -1.49. The Morgan fingerprint density at radius 2 is 2.05 bits per heavy atom. The van der Waals surface area contributed by atoms with Crippen molar-refractivity contribution >= 4 is 11.4 Å². The Morgan fingerprint density at radius 3 is 2.65 bits per heavy atom. The SMILES string of the molecule is COc1cc(NCC2(C)CCN(C)CC2)c(N)cc1F. The van der Waals surface area contributed by atoms with Crippen LogP contribution in [0.4, 0.5) is 15.8 Å². The van der Waals surface area contributed by atoms with E-state index >= 15 is 0 Å². The highest BCUT2D eigenvalue weighted by Crippen LogP contribution is 2.33. The van der Waals surface area contributed by atoms with Crippen LogP contribution in [0.25, 0.3) is 0 Å². The summed E-state index contributed by atoms with van der Waals surface area (Å²) < 4.78 is 18.5. The van der Waals surface area contributed by atoms with Crippen LogP contribution in [0.15, 0.2) is 12.1 Å². The maximum atomic E-state index is 13.5. The highest BCUT2D eigenvalue weighted by Gasteiger charge is 2.28.